The fourth-order valence-electron chi connectivity index (χ4n) is 5.39. The number of hydrogen-bond acceptors (Lipinski definition) is 4. The van der Waals surface area contributed by atoms with Crippen molar-refractivity contribution in [3.8, 4) is 0 Å². The van der Waals surface area contributed by atoms with Gasteiger partial charge in [-0.1, -0.05) is 18.2 Å². The smallest absolute Gasteiger partial charge is 0.339 e. The minimum Gasteiger partial charge on any atom is -0.479 e. The summed E-state index contributed by atoms with van der Waals surface area (Å²) in [5.74, 6) is -4.57. The third kappa shape index (κ3) is 3.86. The number of carbonyl (C=O) groups excluding carboxylic acids is 1. The fraction of sp³-hybridized carbons (Fsp3) is 0.500. The molecule has 0 bridgehead atoms. The van der Waals surface area contributed by atoms with E-state index in [1.165, 1.54) is 30.4 Å². The van der Waals surface area contributed by atoms with Gasteiger partial charge in [-0.3, -0.25) is 4.79 Å². The number of aliphatic hydroxyl groups excluding tert-OH is 1. The van der Waals surface area contributed by atoms with E-state index in [9.17, 15) is 33.7 Å². The molecule has 1 spiro atoms. The number of halogens is 2. The molecule has 8 heteroatoms. The minimum absolute atomic E-state index is 0.00168. The van der Waals surface area contributed by atoms with E-state index in [4.69, 9.17) is 0 Å². The first-order valence-corrected chi connectivity index (χ1v) is 10.9. The maximum absolute atomic E-state index is 13.7. The van der Waals surface area contributed by atoms with Crippen molar-refractivity contribution in [2.75, 3.05) is 0 Å². The molecule has 2 saturated carbocycles. The molecule has 4 rings (SSSR count). The average molecular weight is 447 g/mol. The topological polar surface area (TPSA) is 107 Å². The summed E-state index contributed by atoms with van der Waals surface area (Å²) in [6, 6.07) is 5.71. The summed E-state index contributed by atoms with van der Waals surface area (Å²) in [4.78, 5) is 25.6. The molecule has 0 aromatic heterocycles. The average Bonchev–Trinajstić information content (AvgIpc) is 3.60. The molecule has 3 unspecified atom stereocenters. The molecule has 32 heavy (non-hydrogen) atoms. The van der Waals surface area contributed by atoms with Gasteiger partial charge in [0.1, 0.15) is 17.7 Å². The molecular formula is C24H27F2NO5. The SMILES string of the molecule is O=C(NCc1cccc(F)c1)C1[C@@H](C2CC2)CCC2(C=CC(F)=CC2)C(O)(C(=O)O)[C@@H]1O. The van der Waals surface area contributed by atoms with Crippen molar-refractivity contribution in [2.45, 2.75) is 50.4 Å². The van der Waals surface area contributed by atoms with Crippen molar-refractivity contribution in [1.82, 2.24) is 5.32 Å². The first-order chi connectivity index (χ1) is 15.2. The Hall–Kier alpha value is -2.58. The highest BCUT2D eigenvalue weighted by molar-refractivity contribution is 5.85. The van der Waals surface area contributed by atoms with Crippen molar-refractivity contribution in [2.24, 2.45) is 23.2 Å². The van der Waals surface area contributed by atoms with Gasteiger partial charge in [-0.05, 0) is 73.8 Å². The van der Waals surface area contributed by atoms with E-state index in [1.807, 2.05) is 0 Å². The lowest BCUT2D eigenvalue weighted by Crippen LogP contribution is -2.64. The third-order valence-corrected chi connectivity index (χ3v) is 7.35. The molecule has 3 aliphatic carbocycles. The predicted octanol–water partition coefficient (Wildman–Crippen LogP) is 2.85. The van der Waals surface area contributed by atoms with Gasteiger partial charge in [-0.25, -0.2) is 13.6 Å². The van der Waals surface area contributed by atoms with Crippen LogP contribution < -0.4 is 5.32 Å². The van der Waals surface area contributed by atoms with Gasteiger partial charge < -0.3 is 20.6 Å². The fourth-order valence-corrected chi connectivity index (χ4v) is 5.39. The molecule has 1 aromatic rings. The van der Waals surface area contributed by atoms with Crippen LogP contribution in [0.3, 0.4) is 0 Å². The first kappa shape index (κ1) is 22.6. The molecule has 6 nitrogen and oxygen atoms in total. The summed E-state index contributed by atoms with van der Waals surface area (Å²) in [7, 11) is 0. The molecule has 1 amide bonds. The Morgan fingerprint density at radius 2 is 1.94 bits per heavy atom. The lowest BCUT2D eigenvalue weighted by molar-refractivity contribution is -0.198. The van der Waals surface area contributed by atoms with E-state index in [0.29, 0.717) is 12.0 Å². The zero-order valence-electron chi connectivity index (χ0n) is 17.5. The highest BCUT2D eigenvalue weighted by Crippen LogP contribution is 2.55. The summed E-state index contributed by atoms with van der Waals surface area (Å²) in [6.07, 6.45) is 3.97. The van der Waals surface area contributed by atoms with E-state index >= 15 is 0 Å². The molecule has 1 aromatic carbocycles. The Morgan fingerprint density at radius 1 is 1.19 bits per heavy atom. The molecule has 0 saturated heterocycles. The van der Waals surface area contributed by atoms with Crippen molar-refractivity contribution >= 4 is 11.9 Å². The van der Waals surface area contributed by atoms with Gasteiger partial charge in [0.25, 0.3) is 0 Å². The van der Waals surface area contributed by atoms with Crippen LogP contribution in [0.5, 0.6) is 0 Å². The van der Waals surface area contributed by atoms with Crippen LogP contribution in [-0.4, -0.2) is 38.9 Å². The van der Waals surface area contributed by atoms with Gasteiger partial charge >= 0.3 is 5.97 Å². The number of rotatable bonds is 5. The van der Waals surface area contributed by atoms with E-state index in [1.54, 1.807) is 6.07 Å². The van der Waals surface area contributed by atoms with Crippen LogP contribution in [-0.2, 0) is 16.1 Å². The van der Waals surface area contributed by atoms with Crippen LogP contribution >= 0.6 is 0 Å². The summed E-state index contributed by atoms with van der Waals surface area (Å²) < 4.78 is 27.1. The van der Waals surface area contributed by atoms with Gasteiger partial charge in [0.15, 0.2) is 5.60 Å². The van der Waals surface area contributed by atoms with Gasteiger partial charge in [-0.15, -0.1) is 0 Å². The van der Waals surface area contributed by atoms with Crippen LogP contribution in [0.15, 0.2) is 48.3 Å². The lowest BCUT2D eigenvalue weighted by Gasteiger charge is -2.45. The number of benzene rings is 1. The monoisotopic (exact) mass is 447 g/mol. The van der Waals surface area contributed by atoms with Gasteiger partial charge in [0.2, 0.25) is 5.91 Å². The molecular weight excluding hydrogens is 420 g/mol. The minimum atomic E-state index is -2.68. The molecule has 2 fully saturated rings. The number of hydrogen-bond donors (Lipinski definition) is 4. The van der Waals surface area contributed by atoms with Crippen LogP contribution in [0.1, 0.15) is 37.7 Å². The number of carboxylic acids is 1. The van der Waals surface area contributed by atoms with Crippen molar-refractivity contribution in [3.05, 3.63) is 59.7 Å². The number of aliphatic carboxylic acids is 1. The zero-order chi connectivity index (χ0) is 23.1. The largest absolute Gasteiger partial charge is 0.479 e. The van der Waals surface area contributed by atoms with Crippen LogP contribution in [0.2, 0.25) is 0 Å². The van der Waals surface area contributed by atoms with Gasteiger partial charge in [0, 0.05) is 12.0 Å². The quantitative estimate of drug-likeness (QED) is 0.555. The number of aliphatic hydroxyl groups is 2. The van der Waals surface area contributed by atoms with Crippen LogP contribution in [0.4, 0.5) is 8.78 Å². The predicted molar refractivity (Wildman–Crippen MR) is 111 cm³/mol. The lowest BCUT2D eigenvalue weighted by atomic mass is 9.63. The summed E-state index contributed by atoms with van der Waals surface area (Å²) in [5.41, 5.74) is -3.59. The van der Waals surface area contributed by atoms with Crippen LogP contribution in [0, 0.1) is 29.0 Å². The van der Waals surface area contributed by atoms with E-state index in [2.05, 4.69) is 5.32 Å². The van der Waals surface area contributed by atoms with E-state index in [0.717, 1.165) is 18.9 Å². The number of amides is 1. The second-order valence-electron chi connectivity index (χ2n) is 9.21. The molecule has 0 aliphatic heterocycles. The highest BCUT2D eigenvalue weighted by atomic mass is 19.1. The normalized spacial score (nSPS) is 34.6. The molecule has 4 N–H and O–H groups in total. The second kappa shape index (κ2) is 8.41. The number of nitrogens with one attached hydrogen (secondary N) is 1. The summed E-state index contributed by atoms with van der Waals surface area (Å²) in [6.45, 7) is 0.00168. The van der Waals surface area contributed by atoms with Crippen molar-refractivity contribution in [3.63, 3.8) is 0 Å². The number of allylic oxidation sites excluding steroid dienone is 3. The second-order valence-corrected chi connectivity index (χ2v) is 9.21. The Balaban J connectivity index is 1.66. The standard InChI is InChI=1S/C24H27F2NO5/c25-16-6-9-23(10-7-16)11-8-18(15-4-5-15)19(20(28)24(23,32)22(30)31)21(29)27-13-14-2-1-3-17(26)12-14/h1-3,6-7,9,12,15,18-20,28,32H,4-5,8,10-11,13H2,(H,27,29)(H,30,31)/t18-,19?,20-,23?,24?/m1/s1. The van der Waals surface area contributed by atoms with Gasteiger partial charge in [0.05, 0.1) is 5.92 Å². The maximum Gasteiger partial charge on any atom is 0.339 e. The van der Waals surface area contributed by atoms with Crippen molar-refractivity contribution in [1.29, 1.82) is 0 Å². The Morgan fingerprint density at radius 3 is 2.53 bits per heavy atom. The summed E-state index contributed by atoms with van der Waals surface area (Å²) in [5, 5.41) is 35.4. The number of carbonyl (C=O) groups is 2. The molecule has 0 radical (unpaired) electrons. The summed E-state index contributed by atoms with van der Waals surface area (Å²) >= 11 is 0. The van der Waals surface area contributed by atoms with Crippen molar-refractivity contribution < 1.29 is 33.7 Å². The molecule has 5 atom stereocenters. The molecule has 172 valence electrons. The van der Waals surface area contributed by atoms with E-state index in [-0.39, 0.29) is 31.2 Å². The molecule has 3 aliphatic rings. The van der Waals surface area contributed by atoms with Gasteiger partial charge in [-0.2, -0.15) is 0 Å². The molecule has 0 heterocycles. The third-order valence-electron chi connectivity index (χ3n) is 7.35. The zero-order valence-corrected chi connectivity index (χ0v) is 17.5. The Bertz CT molecular complexity index is 975. The first-order valence-electron chi connectivity index (χ1n) is 10.9. The Labute approximate surface area is 184 Å². The van der Waals surface area contributed by atoms with Crippen LogP contribution in [0.25, 0.3) is 0 Å². The van der Waals surface area contributed by atoms with E-state index < -0.39 is 46.6 Å². The Kier molecular flexibility index (Phi) is 5.94. The maximum atomic E-state index is 13.7. The highest BCUT2D eigenvalue weighted by Gasteiger charge is 2.65. The number of carboxylic acid groups (broad SMARTS) is 1.